The molecule has 1 heterocycles. The van der Waals surface area contributed by atoms with Crippen LogP contribution in [0.25, 0.3) is 0 Å². The highest BCUT2D eigenvalue weighted by Crippen LogP contribution is 2.38. The van der Waals surface area contributed by atoms with Crippen molar-refractivity contribution in [2.45, 2.75) is 37.3 Å². The molecule has 0 radical (unpaired) electrons. The zero-order valence-corrected chi connectivity index (χ0v) is 12.8. The lowest BCUT2D eigenvalue weighted by atomic mass is 9.73. The number of rotatable bonds is 4. The molecule has 2 fully saturated rings. The first-order valence-corrected chi connectivity index (χ1v) is 7.94. The smallest absolute Gasteiger partial charge is 0.381 e. The molecule has 3 rings (SSSR count). The van der Waals surface area contributed by atoms with Gasteiger partial charge in [-0.2, -0.15) is 13.2 Å². The molecule has 126 valence electrons. The lowest BCUT2D eigenvalue weighted by molar-refractivity contribution is -0.137. The Kier molecular flexibility index (Phi) is 4.36. The number of benzene rings is 1. The van der Waals surface area contributed by atoms with Crippen molar-refractivity contribution in [2.75, 3.05) is 19.8 Å². The average molecular weight is 327 g/mol. The lowest BCUT2D eigenvalue weighted by Crippen LogP contribution is -2.45. The number of halogens is 3. The van der Waals surface area contributed by atoms with Crippen LogP contribution in [0.2, 0.25) is 0 Å². The zero-order valence-electron chi connectivity index (χ0n) is 12.8. The van der Waals surface area contributed by atoms with Gasteiger partial charge in [0.05, 0.1) is 5.56 Å². The van der Waals surface area contributed by atoms with Gasteiger partial charge in [-0.3, -0.25) is 4.79 Å². The van der Waals surface area contributed by atoms with Crippen LogP contribution in [0.5, 0.6) is 0 Å². The first-order chi connectivity index (χ1) is 10.9. The third-order valence-electron chi connectivity index (χ3n) is 4.80. The monoisotopic (exact) mass is 327 g/mol. The fourth-order valence-electron chi connectivity index (χ4n) is 3.10. The number of hydrogen-bond acceptors (Lipinski definition) is 2. The highest BCUT2D eigenvalue weighted by Gasteiger charge is 2.39. The number of carbonyl (C=O) groups excluding carboxylic acids is 1. The van der Waals surface area contributed by atoms with Crippen LogP contribution in [0.15, 0.2) is 24.3 Å². The first-order valence-electron chi connectivity index (χ1n) is 7.94. The summed E-state index contributed by atoms with van der Waals surface area (Å²) in [4.78, 5) is 11.9. The van der Waals surface area contributed by atoms with Crippen molar-refractivity contribution in [1.29, 1.82) is 0 Å². The second kappa shape index (κ2) is 6.15. The number of amides is 1. The topological polar surface area (TPSA) is 38.3 Å². The molecular weight excluding hydrogens is 307 g/mol. The van der Waals surface area contributed by atoms with E-state index in [0.29, 0.717) is 38.2 Å². The molecule has 23 heavy (non-hydrogen) atoms. The Morgan fingerprint density at radius 1 is 1.26 bits per heavy atom. The van der Waals surface area contributed by atoms with E-state index in [1.807, 2.05) is 0 Å². The molecule has 0 atom stereocenters. The van der Waals surface area contributed by atoms with E-state index in [2.05, 4.69) is 5.32 Å². The molecule has 6 heteroatoms. The number of hydrogen-bond donors (Lipinski definition) is 1. The molecule has 1 aliphatic heterocycles. The zero-order chi connectivity index (χ0) is 16.5. The molecular formula is C17H20F3NO2. The quantitative estimate of drug-likeness (QED) is 0.922. The van der Waals surface area contributed by atoms with E-state index in [9.17, 15) is 18.0 Å². The Hall–Kier alpha value is -1.56. The van der Waals surface area contributed by atoms with Gasteiger partial charge in [0.2, 0.25) is 5.91 Å². The van der Waals surface area contributed by atoms with Crippen LogP contribution in [-0.2, 0) is 21.1 Å². The molecule has 0 spiro atoms. The second-order valence-corrected chi connectivity index (χ2v) is 6.46. The van der Waals surface area contributed by atoms with Gasteiger partial charge in [-0.1, -0.05) is 18.2 Å². The van der Waals surface area contributed by atoms with Crippen molar-refractivity contribution in [1.82, 2.24) is 5.32 Å². The molecule has 1 saturated heterocycles. The van der Waals surface area contributed by atoms with Crippen molar-refractivity contribution >= 4 is 5.91 Å². The molecule has 1 aromatic carbocycles. The maximum absolute atomic E-state index is 13.0. The van der Waals surface area contributed by atoms with Gasteiger partial charge in [0.15, 0.2) is 0 Å². The molecule has 2 aliphatic rings. The number of alkyl halides is 3. The van der Waals surface area contributed by atoms with Crippen LogP contribution >= 0.6 is 0 Å². The maximum Gasteiger partial charge on any atom is 0.416 e. The van der Waals surface area contributed by atoms with Crippen LogP contribution in [0, 0.1) is 5.92 Å². The lowest BCUT2D eigenvalue weighted by Gasteiger charge is -2.38. The summed E-state index contributed by atoms with van der Waals surface area (Å²) in [7, 11) is 0. The minimum atomic E-state index is -4.36. The van der Waals surface area contributed by atoms with Gasteiger partial charge in [-0.05, 0) is 37.3 Å². The van der Waals surface area contributed by atoms with Gasteiger partial charge in [0, 0.05) is 31.1 Å². The SMILES string of the molecule is O=C(NCC1(c2cccc(C(F)(F)F)c2)CCOCC1)C1CC1. The average Bonchev–Trinajstić information content (AvgIpc) is 3.38. The summed E-state index contributed by atoms with van der Waals surface area (Å²) >= 11 is 0. The number of ether oxygens (including phenoxy) is 1. The summed E-state index contributed by atoms with van der Waals surface area (Å²) in [5, 5.41) is 2.94. The van der Waals surface area contributed by atoms with Crippen molar-refractivity contribution in [3.8, 4) is 0 Å². The van der Waals surface area contributed by atoms with Crippen molar-refractivity contribution in [3.05, 3.63) is 35.4 Å². The second-order valence-electron chi connectivity index (χ2n) is 6.46. The molecule has 0 aromatic heterocycles. The Labute approximate surface area is 133 Å². The summed E-state index contributed by atoms with van der Waals surface area (Å²) in [6.07, 6.45) is -1.32. The van der Waals surface area contributed by atoms with Crippen molar-refractivity contribution in [3.63, 3.8) is 0 Å². The summed E-state index contributed by atoms with van der Waals surface area (Å²) in [6, 6.07) is 5.47. The summed E-state index contributed by atoms with van der Waals surface area (Å²) in [5.41, 5.74) is -0.495. The largest absolute Gasteiger partial charge is 0.416 e. The van der Waals surface area contributed by atoms with Crippen LogP contribution in [0.1, 0.15) is 36.8 Å². The molecule has 1 N–H and O–H groups in total. The molecule has 1 amide bonds. The summed E-state index contributed by atoms with van der Waals surface area (Å²) < 4.78 is 44.4. The molecule has 0 unspecified atom stereocenters. The molecule has 3 nitrogen and oxygen atoms in total. The third kappa shape index (κ3) is 3.68. The highest BCUT2D eigenvalue weighted by atomic mass is 19.4. The van der Waals surface area contributed by atoms with Gasteiger partial charge in [-0.25, -0.2) is 0 Å². The summed E-state index contributed by atoms with van der Waals surface area (Å²) in [6.45, 7) is 1.36. The number of carbonyl (C=O) groups is 1. The van der Waals surface area contributed by atoms with E-state index >= 15 is 0 Å². The Morgan fingerprint density at radius 2 is 1.96 bits per heavy atom. The Morgan fingerprint density at radius 3 is 2.57 bits per heavy atom. The van der Waals surface area contributed by atoms with E-state index < -0.39 is 17.2 Å². The normalized spacial score (nSPS) is 21.0. The fraction of sp³-hybridized carbons (Fsp3) is 0.588. The molecule has 0 bridgehead atoms. The van der Waals surface area contributed by atoms with Crippen LogP contribution in [0.3, 0.4) is 0 Å². The minimum absolute atomic E-state index is 0.0165. The molecule has 1 aliphatic carbocycles. The highest BCUT2D eigenvalue weighted by molar-refractivity contribution is 5.80. The first kappa shape index (κ1) is 16.3. The molecule has 1 aromatic rings. The minimum Gasteiger partial charge on any atom is -0.381 e. The van der Waals surface area contributed by atoms with Crippen LogP contribution in [-0.4, -0.2) is 25.7 Å². The van der Waals surface area contributed by atoms with Crippen LogP contribution in [0.4, 0.5) is 13.2 Å². The van der Waals surface area contributed by atoms with E-state index in [1.54, 1.807) is 6.07 Å². The Bertz CT molecular complexity index is 575. The third-order valence-corrected chi connectivity index (χ3v) is 4.80. The van der Waals surface area contributed by atoms with Gasteiger partial charge >= 0.3 is 6.18 Å². The van der Waals surface area contributed by atoms with E-state index in [1.165, 1.54) is 12.1 Å². The molecule has 1 saturated carbocycles. The Balaban J connectivity index is 1.84. The maximum atomic E-state index is 13.0. The predicted octanol–water partition coefficient (Wildman–Crippen LogP) is 3.28. The van der Waals surface area contributed by atoms with E-state index in [4.69, 9.17) is 4.74 Å². The van der Waals surface area contributed by atoms with Gasteiger partial charge in [0.25, 0.3) is 0 Å². The standard InChI is InChI=1S/C17H20F3NO2/c18-17(19,20)14-3-1-2-13(10-14)16(6-8-23-9-7-16)11-21-15(22)12-4-5-12/h1-3,10,12H,4-9,11H2,(H,21,22). The van der Waals surface area contributed by atoms with Gasteiger partial charge in [0.1, 0.15) is 0 Å². The van der Waals surface area contributed by atoms with Gasteiger partial charge in [-0.15, -0.1) is 0 Å². The fourth-order valence-corrected chi connectivity index (χ4v) is 3.10. The summed E-state index contributed by atoms with van der Waals surface area (Å²) in [5.74, 6) is 0.108. The van der Waals surface area contributed by atoms with E-state index in [-0.39, 0.29) is 11.8 Å². The van der Waals surface area contributed by atoms with Crippen LogP contribution < -0.4 is 5.32 Å². The van der Waals surface area contributed by atoms with E-state index in [0.717, 1.165) is 18.9 Å². The van der Waals surface area contributed by atoms with Crippen molar-refractivity contribution in [2.24, 2.45) is 5.92 Å². The predicted molar refractivity (Wildman–Crippen MR) is 78.9 cm³/mol. The number of nitrogens with one attached hydrogen (secondary N) is 1. The van der Waals surface area contributed by atoms with Gasteiger partial charge < -0.3 is 10.1 Å². The van der Waals surface area contributed by atoms with Crippen molar-refractivity contribution < 1.29 is 22.7 Å².